The molecule has 0 atom stereocenters. The molecule has 1 N–H and O–H groups in total. The number of esters is 1. The molecule has 2 heterocycles. The molecule has 0 amide bonds. The second kappa shape index (κ2) is 6.90. The number of aliphatic hydroxyl groups is 1. The van der Waals surface area contributed by atoms with Gasteiger partial charge in [0.2, 0.25) is 0 Å². The van der Waals surface area contributed by atoms with Crippen LogP contribution in [0, 0.1) is 6.92 Å². The minimum atomic E-state index is -0.476. The van der Waals surface area contributed by atoms with Gasteiger partial charge in [0.25, 0.3) is 0 Å². The Morgan fingerprint density at radius 3 is 2.52 bits per heavy atom. The summed E-state index contributed by atoms with van der Waals surface area (Å²) in [6.07, 6.45) is 0. The Bertz CT molecular complexity index is 916. The first-order valence-corrected chi connectivity index (χ1v) is 7.80. The number of hydrogen-bond donors (Lipinski definition) is 1. The molecule has 25 heavy (non-hydrogen) atoms. The van der Waals surface area contributed by atoms with Crippen LogP contribution in [0.4, 0.5) is 0 Å². The second-order valence-electron chi connectivity index (χ2n) is 5.48. The van der Waals surface area contributed by atoms with Crippen molar-refractivity contribution in [1.82, 2.24) is 14.5 Å². The van der Waals surface area contributed by atoms with Crippen molar-refractivity contribution >= 4 is 17.1 Å². The van der Waals surface area contributed by atoms with Gasteiger partial charge in [0.15, 0.2) is 5.65 Å². The Balaban J connectivity index is 2.24. The normalized spacial score (nSPS) is 10.9. The van der Waals surface area contributed by atoms with E-state index in [1.54, 1.807) is 17.7 Å². The van der Waals surface area contributed by atoms with E-state index in [9.17, 15) is 9.90 Å². The molecular formula is C18H19N3O4. The predicted octanol–water partition coefficient (Wildman–Crippen LogP) is 2.19. The number of fused-ring (bicyclic) bond motifs is 1. The summed E-state index contributed by atoms with van der Waals surface area (Å²) < 4.78 is 11.9. The fourth-order valence-electron chi connectivity index (χ4n) is 2.74. The van der Waals surface area contributed by atoms with Crippen LogP contribution in [0.5, 0.6) is 5.75 Å². The minimum Gasteiger partial charge on any atom is -0.497 e. The molecule has 0 saturated heterocycles. The van der Waals surface area contributed by atoms with E-state index in [0.29, 0.717) is 34.8 Å². The van der Waals surface area contributed by atoms with Crippen molar-refractivity contribution < 1.29 is 19.4 Å². The standard InChI is InChI=1S/C18H19N3O4/c1-11-19-16-14(18(23)25-3)10-15(20-17(16)21(11)8-9-22)12-4-6-13(24-2)7-5-12/h4-7,10,22H,8-9H2,1-3H3. The molecule has 2 aromatic heterocycles. The van der Waals surface area contributed by atoms with Gasteiger partial charge in [-0.3, -0.25) is 0 Å². The van der Waals surface area contributed by atoms with Crippen molar-refractivity contribution in [3.05, 3.63) is 41.7 Å². The van der Waals surface area contributed by atoms with E-state index in [-0.39, 0.29) is 6.61 Å². The zero-order valence-corrected chi connectivity index (χ0v) is 14.3. The molecule has 7 nitrogen and oxygen atoms in total. The quantitative estimate of drug-likeness (QED) is 0.716. The first kappa shape index (κ1) is 16.9. The summed E-state index contributed by atoms with van der Waals surface area (Å²) in [7, 11) is 2.93. The summed E-state index contributed by atoms with van der Waals surface area (Å²) in [6, 6.07) is 9.07. The summed E-state index contributed by atoms with van der Waals surface area (Å²) in [5.74, 6) is 0.934. The number of rotatable bonds is 5. The van der Waals surface area contributed by atoms with E-state index >= 15 is 0 Å². The summed E-state index contributed by atoms with van der Waals surface area (Å²) >= 11 is 0. The predicted molar refractivity (Wildman–Crippen MR) is 92.7 cm³/mol. The smallest absolute Gasteiger partial charge is 0.340 e. The van der Waals surface area contributed by atoms with E-state index in [0.717, 1.165) is 11.3 Å². The van der Waals surface area contributed by atoms with Crippen LogP contribution in [0.3, 0.4) is 0 Å². The van der Waals surface area contributed by atoms with Gasteiger partial charge in [-0.05, 0) is 37.3 Å². The van der Waals surface area contributed by atoms with Gasteiger partial charge in [0, 0.05) is 12.1 Å². The van der Waals surface area contributed by atoms with E-state index in [1.807, 2.05) is 31.2 Å². The Labute approximate surface area is 144 Å². The highest BCUT2D eigenvalue weighted by atomic mass is 16.5. The number of aromatic nitrogens is 3. The summed E-state index contributed by atoms with van der Waals surface area (Å²) in [4.78, 5) is 21.3. The van der Waals surface area contributed by atoms with Crippen molar-refractivity contribution in [3.63, 3.8) is 0 Å². The van der Waals surface area contributed by atoms with Gasteiger partial charge in [-0.1, -0.05) is 0 Å². The molecule has 7 heteroatoms. The van der Waals surface area contributed by atoms with Crippen molar-refractivity contribution in [3.8, 4) is 17.0 Å². The van der Waals surface area contributed by atoms with Gasteiger partial charge in [-0.15, -0.1) is 0 Å². The largest absolute Gasteiger partial charge is 0.497 e. The lowest BCUT2D eigenvalue weighted by Gasteiger charge is -2.08. The van der Waals surface area contributed by atoms with Crippen molar-refractivity contribution in [1.29, 1.82) is 0 Å². The monoisotopic (exact) mass is 341 g/mol. The summed E-state index contributed by atoms with van der Waals surface area (Å²) in [5.41, 5.74) is 2.81. The number of aryl methyl sites for hydroxylation is 1. The maximum absolute atomic E-state index is 12.2. The van der Waals surface area contributed by atoms with Gasteiger partial charge >= 0.3 is 5.97 Å². The van der Waals surface area contributed by atoms with Crippen molar-refractivity contribution in [2.75, 3.05) is 20.8 Å². The number of benzene rings is 1. The van der Waals surface area contributed by atoms with E-state index < -0.39 is 5.97 Å². The maximum atomic E-state index is 12.2. The molecule has 1 aromatic carbocycles. The Morgan fingerprint density at radius 1 is 1.20 bits per heavy atom. The summed E-state index contributed by atoms with van der Waals surface area (Å²) in [5, 5.41) is 9.31. The van der Waals surface area contributed by atoms with E-state index in [1.165, 1.54) is 7.11 Å². The Kier molecular flexibility index (Phi) is 4.67. The van der Waals surface area contributed by atoms with Gasteiger partial charge in [-0.2, -0.15) is 0 Å². The number of aliphatic hydroxyl groups excluding tert-OH is 1. The highest BCUT2D eigenvalue weighted by molar-refractivity contribution is 6.02. The SMILES string of the molecule is COC(=O)c1cc(-c2ccc(OC)cc2)nc2c1nc(C)n2CCO. The van der Waals surface area contributed by atoms with Crippen LogP contribution in [0.2, 0.25) is 0 Å². The van der Waals surface area contributed by atoms with Crippen LogP contribution < -0.4 is 4.74 Å². The minimum absolute atomic E-state index is 0.0473. The lowest BCUT2D eigenvalue weighted by Crippen LogP contribution is -2.07. The number of pyridine rings is 1. The molecule has 0 unspecified atom stereocenters. The molecule has 0 saturated carbocycles. The van der Waals surface area contributed by atoms with Gasteiger partial charge in [0.1, 0.15) is 17.1 Å². The van der Waals surface area contributed by atoms with E-state index in [2.05, 4.69) is 9.97 Å². The van der Waals surface area contributed by atoms with Gasteiger partial charge in [-0.25, -0.2) is 14.8 Å². The average molecular weight is 341 g/mol. The first-order valence-electron chi connectivity index (χ1n) is 7.80. The number of ether oxygens (including phenoxy) is 2. The molecule has 0 aliphatic heterocycles. The third-order valence-electron chi connectivity index (χ3n) is 4.01. The number of carbonyl (C=O) groups is 1. The molecule has 130 valence electrons. The molecule has 0 aliphatic rings. The second-order valence-corrected chi connectivity index (χ2v) is 5.48. The lowest BCUT2D eigenvalue weighted by atomic mass is 10.1. The van der Waals surface area contributed by atoms with E-state index in [4.69, 9.17) is 9.47 Å². The average Bonchev–Trinajstić information content (AvgIpc) is 2.96. The Morgan fingerprint density at radius 2 is 1.92 bits per heavy atom. The van der Waals surface area contributed by atoms with Gasteiger partial charge < -0.3 is 19.1 Å². The lowest BCUT2D eigenvalue weighted by molar-refractivity contribution is 0.0602. The van der Waals surface area contributed by atoms with Crippen LogP contribution in [0.25, 0.3) is 22.4 Å². The van der Waals surface area contributed by atoms with Crippen molar-refractivity contribution in [2.24, 2.45) is 0 Å². The van der Waals surface area contributed by atoms with Crippen LogP contribution in [-0.2, 0) is 11.3 Å². The Hall–Kier alpha value is -2.93. The molecule has 3 rings (SSSR count). The molecule has 0 fully saturated rings. The molecule has 3 aromatic rings. The number of nitrogens with zero attached hydrogens (tertiary/aromatic N) is 3. The molecule has 0 spiro atoms. The maximum Gasteiger partial charge on any atom is 0.340 e. The molecule has 0 radical (unpaired) electrons. The van der Waals surface area contributed by atoms with Crippen LogP contribution >= 0.6 is 0 Å². The van der Waals surface area contributed by atoms with Crippen LogP contribution in [-0.4, -0.2) is 46.4 Å². The summed E-state index contributed by atoms with van der Waals surface area (Å²) in [6.45, 7) is 2.11. The number of imidazole rings is 1. The number of methoxy groups -OCH3 is 2. The number of carbonyl (C=O) groups excluding carboxylic acids is 1. The zero-order valence-electron chi connectivity index (χ0n) is 14.3. The number of hydrogen-bond acceptors (Lipinski definition) is 6. The highest BCUT2D eigenvalue weighted by Gasteiger charge is 2.20. The fourth-order valence-corrected chi connectivity index (χ4v) is 2.74. The molecule has 0 bridgehead atoms. The third kappa shape index (κ3) is 3.06. The van der Waals surface area contributed by atoms with Crippen molar-refractivity contribution in [2.45, 2.75) is 13.5 Å². The first-order chi connectivity index (χ1) is 12.1. The van der Waals surface area contributed by atoms with Crippen LogP contribution in [0.15, 0.2) is 30.3 Å². The topological polar surface area (TPSA) is 86.5 Å². The fraction of sp³-hybridized carbons (Fsp3) is 0.278. The third-order valence-corrected chi connectivity index (χ3v) is 4.01. The molecule has 0 aliphatic carbocycles. The highest BCUT2D eigenvalue weighted by Crippen LogP contribution is 2.27. The molecular weight excluding hydrogens is 322 g/mol. The zero-order chi connectivity index (χ0) is 18.0. The van der Waals surface area contributed by atoms with Crippen LogP contribution in [0.1, 0.15) is 16.2 Å². The van der Waals surface area contributed by atoms with Gasteiger partial charge in [0.05, 0.1) is 32.1 Å².